The minimum absolute atomic E-state index is 0.00981. The van der Waals surface area contributed by atoms with Gasteiger partial charge in [-0.05, 0) is 72.6 Å². The lowest BCUT2D eigenvalue weighted by Gasteiger charge is -2.25. The van der Waals surface area contributed by atoms with E-state index in [4.69, 9.17) is 9.72 Å². The molecule has 1 aliphatic rings. The van der Waals surface area contributed by atoms with Gasteiger partial charge in [-0.25, -0.2) is 24.1 Å². The fourth-order valence-electron chi connectivity index (χ4n) is 4.07. The monoisotopic (exact) mass is 552 g/mol. The quantitative estimate of drug-likeness (QED) is 0.285. The van der Waals surface area contributed by atoms with Crippen LogP contribution in [0, 0.1) is 0 Å². The highest BCUT2D eigenvalue weighted by atomic mass is 79.9. The third-order valence-electron chi connectivity index (χ3n) is 5.87. The van der Waals surface area contributed by atoms with Crippen molar-refractivity contribution < 1.29 is 19.0 Å². The van der Waals surface area contributed by atoms with Gasteiger partial charge in [-0.15, -0.1) is 0 Å². The van der Waals surface area contributed by atoms with Crippen LogP contribution in [0.5, 0.6) is 0 Å². The van der Waals surface area contributed by atoms with E-state index in [1.54, 1.807) is 12.4 Å². The summed E-state index contributed by atoms with van der Waals surface area (Å²) in [5, 5.41) is 15.9. The van der Waals surface area contributed by atoms with E-state index in [1.807, 2.05) is 4.90 Å². The summed E-state index contributed by atoms with van der Waals surface area (Å²) < 4.78 is 20.0. The van der Waals surface area contributed by atoms with Crippen LogP contribution in [0.3, 0.4) is 0 Å². The Bertz CT molecular complexity index is 936. The van der Waals surface area contributed by atoms with E-state index in [9.17, 15) is 14.3 Å². The molecule has 3 rings (SSSR count). The minimum atomic E-state index is -1.14. The molecule has 0 fully saturated rings. The second-order valence-corrected chi connectivity index (χ2v) is 9.62. The van der Waals surface area contributed by atoms with E-state index in [-0.39, 0.29) is 25.5 Å². The summed E-state index contributed by atoms with van der Waals surface area (Å²) in [4.78, 5) is 26.6. The number of anilines is 2. The van der Waals surface area contributed by atoms with Crippen LogP contribution in [-0.2, 0) is 22.4 Å². The number of halogens is 2. The van der Waals surface area contributed by atoms with Crippen molar-refractivity contribution in [3.63, 3.8) is 0 Å². The van der Waals surface area contributed by atoms with Crippen LogP contribution in [0.4, 0.5) is 16.2 Å². The first-order valence-corrected chi connectivity index (χ1v) is 12.8. The number of hydrogen-bond acceptors (Lipinski definition) is 8. The van der Waals surface area contributed by atoms with E-state index in [0.717, 1.165) is 50.2 Å². The molecule has 0 saturated carbocycles. The Hall–Kier alpha value is -2.37. The Balaban J connectivity index is 1.50. The number of nitrogens with one attached hydrogen (secondary N) is 2. The number of aromatic nitrogens is 3. The van der Waals surface area contributed by atoms with Crippen molar-refractivity contribution in [2.75, 3.05) is 50.5 Å². The van der Waals surface area contributed by atoms with E-state index < -0.39 is 18.2 Å². The average Bonchev–Trinajstić information content (AvgIpc) is 2.85. The van der Waals surface area contributed by atoms with Crippen LogP contribution in [0.15, 0.2) is 29.0 Å². The molecular weight excluding hydrogens is 519 g/mol. The third kappa shape index (κ3) is 9.30. The average molecular weight is 553 g/mol. The highest BCUT2D eigenvalue weighted by Gasteiger charge is 2.21. The number of hydrogen-bond donors (Lipinski definition) is 3. The molecule has 2 aromatic rings. The Morgan fingerprint density at radius 1 is 1.31 bits per heavy atom. The number of methoxy groups -OCH3 is 1. The first-order valence-electron chi connectivity index (χ1n) is 12.0. The molecule has 0 spiro atoms. The van der Waals surface area contributed by atoms with Gasteiger partial charge in [0.05, 0.1) is 11.1 Å². The standard InChI is InChI=1S/C24H34BrFN6O3/c1-35-16-19(26)15-32(12-9-21(23(33)34)31-24-28-13-18(25)14-29-24)11-3-2-6-20-8-7-17-5-4-10-27-22(17)30-20/h7-8,13-14,19,21H,2-6,9-12,15-16H2,1H3,(H,27,30)(H,33,34)(H,28,29,31). The number of carbonyl (C=O) groups is 1. The van der Waals surface area contributed by atoms with E-state index in [2.05, 4.69) is 48.7 Å². The number of fused-ring (bicyclic) bond motifs is 1. The molecule has 2 atom stereocenters. The summed E-state index contributed by atoms with van der Waals surface area (Å²) in [5.41, 5.74) is 2.32. The van der Waals surface area contributed by atoms with Gasteiger partial charge in [0, 0.05) is 44.8 Å². The molecule has 35 heavy (non-hydrogen) atoms. The van der Waals surface area contributed by atoms with Gasteiger partial charge in [0.2, 0.25) is 5.95 Å². The Kier molecular flexibility index (Phi) is 11.1. The second kappa shape index (κ2) is 14.3. The van der Waals surface area contributed by atoms with Gasteiger partial charge in [0.1, 0.15) is 18.0 Å². The minimum Gasteiger partial charge on any atom is -0.480 e. The first-order chi connectivity index (χ1) is 16.9. The normalized spacial score (nSPS) is 14.7. The van der Waals surface area contributed by atoms with E-state index >= 15 is 0 Å². The largest absolute Gasteiger partial charge is 0.480 e. The zero-order valence-electron chi connectivity index (χ0n) is 20.1. The number of alkyl halides is 1. The highest BCUT2D eigenvalue weighted by Crippen LogP contribution is 2.20. The van der Waals surface area contributed by atoms with Gasteiger partial charge < -0.3 is 25.4 Å². The smallest absolute Gasteiger partial charge is 0.326 e. The molecule has 0 radical (unpaired) electrons. The fraction of sp³-hybridized carbons (Fsp3) is 0.583. The molecular formula is C24H34BrFN6O3. The number of aryl methyl sites for hydroxylation is 2. The Morgan fingerprint density at radius 2 is 2.11 bits per heavy atom. The number of carboxylic acids is 1. The maximum absolute atomic E-state index is 14.3. The summed E-state index contributed by atoms with van der Waals surface area (Å²) in [6, 6.07) is 3.36. The molecule has 3 N–H and O–H groups in total. The highest BCUT2D eigenvalue weighted by molar-refractivity contribution is 9.10. The number of unbranched alkanes of at least 4 members (excludes halogenated alkanes) is 1. The summed E-state index contributed by atoms with van der Waals surface area (Å²) in [6.07, 6.45) is 7.06. The molecule has 3 heterocycles. The van der Waals surface area contributed by atoms with Crippen molar-refractivity contribution in [2.45, 2.75) is 50.7 Å². The zero-order valence-corrected chi connectivity index (χ0v) is 21.6. The van der Waals surface area contributed by atoms with Crippen molar-refractivity contribution in [3.05, 3.63) is 40.3 Å². The van der Waals surface area contributed by atoms with Gasteiger partial charge in [0.15, 0.2) is 0 Å². The van der Waals surface area contributed by atoms with Gasteiger partial charge >= 0.3 is 5.97 Å². The Morgan fingerprint density at radius 3 is 2.86 bits per heavy atom. The van der Waals surface area contributed by atoms with Crippen LogP contribution < -0.4 is 10.6 Å². The van der Waals surface area contributed by atoms with Crippen LogP contribution in [0.2, 0.25) is 0 Å². The molecule has 192 valence electrons. The molecule has 11 heteroatoms. The molecule has 0 aromatic carbocycles. The molecule has 0 bridgehead atoms. The van der Waals surface area contributed by atoms with Crippen molar-refractivity contribution in [3.8, 4) is 0 Å². The lowest BCUT2D eigenvalue weighted by Crippen LogP contribution is -2.39. The molecule has 0 saturated heterocycles. The first kappa shape index (κ1) is 27.2. The van der Waals surface area contributed by atoms with Gasteiger partial charge in [-0.2, -0.15) is 0 Å². The summed E-state index contributed by atoms with van der Waals surface area (Å²) in [6.45, 7) is 2.25. The van der Waals surface area contributed by atoms with Crippen LogP contribution in [0.25, 0.3) is 0 Å². The van der Waals surface area contributed by atoms with E-state index in [0.29, 0.717) is 17.6 Å². The number of nitrogens with zero attached hydrogens (tertiary/aromatic N) is 4. The summed E-state index contributed by atoms with van der Waals surface area (Å²) in [7, 11) is 1.47. The zero-order chi connectivity index (χ0) is 25.0. The second-order valence-electron chi connectivity index (χ2n) is 8.70. The van der Waals surface area contributed by atoms with Gasteiger partial charge in [-0.3, -0.25) is 0 Å². The topological polar surface area (TPSA) is 113 Å². The van der Waals surface area contributed by atoms with Crippen molar-refractivity contribution in [1.29, 1.82) is 0 Å². The molecule has 9 nitrogen and oxygen atoms in total. The van der Waals surface area contributed by atoms with Crippen LogP contribution in [-0.4, -0.2) is 83.0 Å². The van der Waals surface area contributed by atoms with E-state index in [1.165, 1.54) is 12.7 Å². The molecule has 0 amide bonds. The van der Waals surface area contributed by atoms with Gasteiger partial charge in [-0.1, -0.05) is 6.07 Å². The van der Waals surface area contributed by atoms with Crippen molar-refractivity contribution in [2.24, 2.45) is 0 Å². The molecule has 2 unspecified atom stereocenters. The maximum atomic E-state index is 14.3. The number of ether oxygens (including phenoxy) is 1. The molecule has 0 aliphatic carbocycles. The SMILES string of the molecule is COCC(F)CN(CCCCc1ccc2c(n1)NCCC2)CCC(Nc1ncc(Br)cn1)C(=O)O. The van der Waals surface area contributed by atoms with Crippen molar-refractivity contribution in [1.82, 2.24) is 19.9 Å². The van der Waals surface area contributed by atoms with Crippen molar-refractivity contribution >= 4 is 33.7 Å². The lowest BCUT2D eigenvalue weighted by atomic mass is 10.1. The number of rotatable bonds is 15. The number of pyridine rings is 1. The molecule has 1 aliphatic heterocycles. The van der Waals surface area contributed by atoms with Crippen LogP contribution in [0.1, 0.15) is 36.9 Å². The number of carboxylic acid groups (broad SMARTS) is 1. The predicted molar refractivity (Wildman–Crippen MR) is 137 cm³/mol. The lowest BCUT2D eigenvalue weighted by molar-refractivity contribution is -0.138. The third-order valence-corrected chi connectivity index (χ3v) is 6.28. The predicted octanol–water partition coefficient (Wildman–Crippen LogP) is 3.56. The van der Waals surface area contributed by atoms with Gasteiger partial charge in [0.25, 0.3) is 0 Å². The summed E-state index contributed by atoms with van der Waals surface area (Å²) in [5.74, 6) is 0.233. The van der Waals surface area contributed by atoms with Crippen LogP contribution >= 0.6 is 15.9 Å². The maximum Gasteiger partial charge on any atom is 0.326 e. The fourth-order valence-corrected chi connectivity index (χ4v) is 4.27. The molecule has 2 aromatic heterocycles. The Labute approximate surface area is 214 Å². The summed E-state index contributed by atoms with van der Waals surface area (Å²) >= 11 is 3.26. The number of aliphatic carboxylic acids is 1.